The number of halogens is 1. The number of Topliss-reactive ketones (excluding diaryl/α,β-unsaturated/α-hetero) is 1. The molecule has 0 bridgehead atoms. The Morgan fingerprint density at radius 1 is 1.19 bits per heavy atom. The van der Waals surface area contributed by atoms with Crippen LogP contribution in [0, 0.1) is 0 Å². The Labute approximate surface area is 134 Å². The quantitative estimate of drug-likeness (QED) is 0.724. The summed E-state index contributed by atoms with van der Waals surface area (Å²) in [6.45, 7) is 6.73. The monoisotopic (exact) mass is 348 g/mol. The van der Waals surface area contributed by atoms with Crippen LogP contribution >= 0.6 is 15.9 Å². The van der Waals surface area contributed by atoms with E-state index in [4.69, 9.17) is 0 Å². The molecule has 0 fully saturated rings. The lowest BCUT2D eigenvalue weighted by molar-refractivity contribution is 0.0986. The first-order valence-electron chi connectivity index (χ1n) is 7.47. The van der Waals surface area contributed by atoms with Crippen molar-refractivity contribution in [2.24, 2.45) is 0 Å². The van der Waals surface area contributed by atoms with E-state index in [1.54, 1.807) is 0 Å². The number of aryl methyl sites for hydroxylation is 1. The Morgan fingerprint density at radius 3 is 2.48 bits per heavy atom. The van der Waals surface area contributed by atoms with Crippen LogP contribution < -0.4 is 0 Å². The molecule has 0 radical (unpaired) electrons. The van der Waals surface area contributed by atoms with Gasteiger partial charge in [0.1, 0.15) is 0 Å². The second-order valence-corrected chi connectivity index (χ2v) is 5.86. The molecule has 1 aromatic heterocycles. The fraction of sp³-hybridized carbons (Fsp3) is 0.412. The van der Waals surface area contributed by atoms with Gasteiger partial charge in [-0.1, -0.05) is 54.9 Å². The van der Waals surface area contributed by atoms with Crippen LogP contribution in [0.4, 0.5) is 0 Å². The summed E-state index contributed by atoms with van der Waals surface area (Å²) in [6, 6.07) is 8.14. The number of ketones is 1. The molecule has 0 aliphatic carbocycles. The summed E-state index contributed by atoms with van der Waals surface area (Å²) < 4.78 is 3.06. The average Bonchev–Trinajstić information content (AvgIpc) is 2.86. The van der Waals surface area contributed by atoms with Crippen LogP contribution in [0.1, 0.15) is 54.5 Å². The third kappa shape index (κ3) is 3.26. The standard InChI is InChI=1S/C17H21BrN2O/c1-4-14-17(16(21)6-3)15(5-2)20(19-14)11-12-9-7-8-10-13(12)18/h7-10H,4-6,11H2,1-3H3. The van der Waals surface area contributed by atoms with E-state index in [9.17, 15) is 4.79 Å². The van der Waals surface area contributed by atoms with Gasteiger partial charge in [0, 0.05) is 16.6 Å². The summed E-state index contributed by atoms with van der Waals surface area (Å²) in [4.78, 5) is 12.2. The van der Waals surface area contributed by atoms with E-state index in [0.29, 0.717) is 13.0 Å². The van der Waals surface area contributed by atoms with E-state index in [2.05, 4.69) is 40.9 Å². The van der Waals surface area contributed by atoms with Crippen molar-refractivity contribution < 1.29 is 4.79 Å². The highest BCUT2D eigenvalue weighted by Gasteiger charge is 2.20. The van der Waals surface area contributed by atoms with E-state index in [1.807, 2.05) is 29.8 Å². The Morgan fingerprint density at radius 2 is 1.90 bits per heavy atom. The zero-order chi connectivity index (χ0) is 15.4. The molecule has 3 nitrogen and oxygen atoms in total. The second kappa shape index (κ2) is 7.03. The second-order valence-electron chi connectivity index (χ2n) is 5.00. The summed E-state index contributed by atoms with van der Waals surface area (Å²) >= 11 is 3.58. The van der Waals surface area contributed by atoms with Crippen molar-refractivity contribution in [1.82, 2.24) is 9.78 Å². The Bertz CT molecular complexity index is 646. The Kier molecular flexibility index (Phi) is 5.34. The summed E-state index contributed by atoms with van der Waals surface area (Å²) in [5.74, 6) is 0.196. The van der Waals surface area contributed by atoms with Crippen molar-refractivity contribution in [2.75, 3.05) is 0 Å². The highest BCUT2D eigenvalue weighted by atomic mass is 79.9. The van der Waals surface area contributed by atoms with E-state index >= 15 is 0 Å². The first kappa shape index (κ1) is 16.0. The molecular formula is C17H21BrN2O. The maximum absolute atomic E-state index is 12.2. The number of carbonyl (C=O) groups is 1. The molecule has 0 N–H and O–H groups in total. The third-order valence-electron chi connectivity index (χ3n) is 3.68. The van der Waals surface area contributed by atoms with Gasteiger partial charge in [0.05, 0.1) is 17.8 Å². The molecule has 1 aromatic carbocycles. The minimum Gasteiger partial charge on any atom is -0.294 e. The van der Waals surface area contributed by atoms with Gasteiger partial charge in [0.25, 0.3) is 0 Å². The van der Waals surface area contributed by atoms with Crippen LogP contribution in [-0.4, -0.2) is 15.6 Å². The zero-order valence-electron chi connectivity index (χ0n) is 12.8. The summed E-state index contributed by atoms with van der Waals surface area (Å²) in [6.07, 6.45) is 2.14. The highest BCUT2D eigenvalue weighted by molar-refractivity contribution is 9.10. The van der Waals surface area contributed by atoms with Crippen LogP contribution in [0.3, 0.4) is 0 Å². The van der Waals surface area contributed by atoms with E-state index in [1.165, 1.54) is 5.56 Å². The van der Waals surface area contributed by atoms with Crippen LogP contribution in [0.15, 0.2) is 28.7 Å². The Balaban J connectivity index is 2.47. The predicted molar refractivity (Wildman–Crippen MR) is 88.8 cm³/mol. The number of hydrogen-bond donors (Lipinski definition) is 0. The van der Waals surface area contributed by atoms with Crippen LogP contribution in [-0.2, 0) is 19.4 Å². The van der Waals surface area contributed by atoms with Gasteiger partial charge in [-0.25, -0.2) is 0 Å². The predicted octanol–water partition coefficient (Wildman–Crippen LogP) is 4.41. The smallest absolute Gasteiger partial charge is 0.166 e. The molecule has 0 saturated carbocycles. The molecule has 2 rings (SSSR count). The lowest BCUT2D eigenvalue weighted by Crippen LogP contribution is -2.09. The van der Waals surface area contributed by atoms with Crippen molar-refractivity contribution in [3.63, 3.8) is 0 Å². The maximum atomic E-state index is 12.2. The van der Waals surface area contributed by atoms with Crippen molar-refractivity contribution in [1.29, 1.82) is 0 Å². The number of hydrogen-bond acceptors (Lipinski definition) is 2. The summed E-state index contributed by atoms with van der Waals surface area (Å²) in [5, 5.41) is 4.68. The van der Waals surface area contributed by atoms with E-state index in [0.717, 1.165) is 34.3 Å². The van der Waals surface area contributed by atoms with Gasteiger partial charge >= 0.3 is 0 Å². The lowest BCUT2D eigenvalue weighted by atomic mass is 10.0. The fourth-order valence-electron chi connectivity index (χ4n) is 2.58. The van der Waals surface area contributed by atoms with E-state index in [-0.39, 0.29) is 5.78 Å². The summed E-state index contributed by atoms with van der Waals surface area (Å²) in [7, 11) is 0. The average molecular weight is 349 g/mol. The fourth-order valence-corrected chi connectivity index (χ4v) is 2.99. The largest absolute Gasteiger partial charge is 0.294 e. The highest BCUT2D eigenvalue weighted by Crippen LogP contribution is 2.22. The van der Waals surface area contributed by atoms with Crippen molar-refractivity contribution in [3.8, 4) is 0 Å². The first-order chi connectivity index (χ1) is 10.1. The molecule has 21 heavy (non-hydrogen) atoms. The molecule has 112 valence electrons. The van der Waals surface area contributed by atoms with Crippen LogP contribution in [0.25, 0.3) is 0 Å². The third-order valence-corrected chi connectivity index (χ3v) is 4.45. The number of rotatable bonds is 6. The molecule has 2 aromatic rings. The molecule has 0 amide bonds. The van der Waals surface area contributed by atoms with Gasteiger partial charge in [0.15, 0.2) is 5.78 Å². The molecule has 0 aliphatic rings. The Hall–Kier alpha value is -1.42. The van der Waals surface area contributed by atoms with Gasteiger partial charge in [-0.3, -0.25) is 9.48 Å². The van der Waals surface area contributed by atoms with E-state index < -0.39 is 0 Å². The minimum atomic E-state index is 0.196. The van der Waals surface area contributed by atoms with Gasteiger partial charge in [-0.15, -0.1) is 0 Å². The van der Waals surface area contributed by atoms with Crippen molar-refractivity contribution in [3.05, 3.63) is 51.3 Å². The minimum absolute atomic E-state index is 0.196. The molecule has 0 atom stereocenters. The molecule has 4 heteroatoms. The summed E-state index contributed by atoms with van der Waals surface area (Å²) in [5.41, 5.74) is 3.99. The molecule has 1 heterocycles. The number of aromatic nitrogens is 2. The van der Waals surface area contributed by atoms with Crippen molar-refractivity contribution >= 4 is 21.7 Å². The SMILES string of the molecule is CCC(=O)c1c(CC)nn(Cc2ccccc2Br)c1CC. The molecule has 0 unspecified atom stereocenters. The molecular weight excluding hydrogens is 328 g/mol. The van der Waals surface area contributed by atoms with Crippen LogP contribution in [0.2, 0.25) is 0 Å². The van der Waals surface area contributed by atoms with Gasteiger partial charge in [-0.05, 0) is 24.5 Å². The number of carbonyl (C=O) groups excluding carboxylic acids is 1. The topological polar surface area (TPSA) is 34.9 Å². The number of nitrogens with zero attached hydrogens (tertiary/aromatic N) is 2. The number of benzene rings is 1. The van der Waals surface area contributed by atoms with Gasteiger partial charge in [-0.2, -0.15) is 5.10 Å². The molecule has 0 saturated heterocycles. The van der Waals surface area contributed by atoms with Crippen LogP contribution in [0.5, 0.6) is 0 Å². The van der Waals surface area contributed by atoms with Crippen molar-refractivity contribution in [2.45, 2.75) is 46.6 Å². The van der Waals surface area contributed by atoms with Gasteiger partial charge < -0.3 is 0 Å². The molecule has 0 spiro atoms. The zero-order valence-corrected chi connectivity index (χ0v) is 14.4. The molecule has 0 aliphatic heterocycles. The lowest BCUT2D eigenvalue weighted by Gasteiger charge is -2.09. The van der Waals surface area contributed by atoms with Gasteiger partial charge in [0.2, 0.25) is 0 Å². The maximum Gasteiger partial charge on any atom is 0.166 e. The first-order valence-corrected chi connectivity index (χ1v) is 8.26. The normalized spacial score (nSPS) is 10.9.